The van der Waals surface area contributed by atoms with Gasteiger partial charge >= 0.3 is 0 Å². The van der Waals surface area contributed by atoms with E-state index in [4.69, 9.17) is 46.3 Å². The fourth-order valence-corrected chi connectivity index (χ4v) is 8.73. The molecule has 0 aliphatic rings. The van der Waals surface area contributed by atoms with Crippen LogP contribution >= 0.6 is 0 Å². The maximum Gasteiger partial charge on any atom is 0.166 e. The van der Waals surface area contributed by atoms with Crippen molar-refractivity contribution in [3.63, 3.8) is 0 Å². The van der Waals surface area contributed by atoms with Crippen LogP contribution < -0.4 is 21.9 Å². The van der Waals surface area contributed by atoms with Crippen molar-refractivity contribution in [2.75, 3.05) is 0 Å². The summed E-state index contributed by atoms with van der Waals surface area (Å²) in [5, 5.41) is 20.0. The molecule has 1 N–H and O–H groups in total. The van der Waals surface area contributed by atoms with Crippen molar-refractivity contribution in [2.24, 2.45) is 0 Å². The molecular weight excluding hydrogens is 728 g/mol. The van der Waals surface area contributed by atoms with Crippen LogP contribution in [0.4, 0.5) is 0 Å². The zero-order chi connectivity index (χ0) is 40.6. The van der Waals surface area contributed by atoms with Crippen molar-refractivity contribution >= 4 is 107 Å². The van der Waals surface area contributed by atoms with Crippen molar-refractivity contribution in [2.45, 2.75) is 0 Å². The summed E-state index contributed by atoms with van der Waals surface area (Å²) in [7, 11) is 25.2. The first-order chi connectivity index (χ1) is 29.4. The monoisotopic (exact) mass is 756 g/mol. The molecule has 8 radical (unpaired) electrons. The standard InChI is InChI=1S/C51H28B4N4O/c52-44-43(48(60)47(55)46(54)45(44)53)30-23-24-41-38(25-30)35-21-11-12-22-40(35)59(41)42-27-37-34-20-10-8-18-32(34)31-17-7-9-19-33(31)36(37)26-39(42)51-57-49(28-13-3-1-4-14-28)56-50(58-51)29-15-5-2-6-16-29/h1-27,60H. The van der Waals surface area contributed by atoms with Crippen molar-refractivity contribution in [1.82, 2.24) is 19.5 Å². The van der Waals surface area contributed by atoms with Gasteiger partial charge in [-0.15, -0.1) is 10.9 Å². The second kappa shape index (κ2) is 13.9. The summed E-state index contributed by atoms with van der Waals surface area (Å²) in [5.74, 6) is 1.46. The van der Waals surface area contributed by atoms with E-state index in [1.54, 1.807) is 0 Å². The molecule has 0 saturated carbocycles. The lowest BCUT2D eigenvalue weighted by Gasteiger charge is -2.20. The van der Waals surface area contributed by atoms with Gasteiger partial charge in [0.25, 0.3) is 0 Å². The quantitative estimate of drug-likeness (QED) is 0.143. The number of phenols is 1. The fourth-order valence-electron chi connectivity index (χ4n) is 8.73. The highest BCUT2D eigenvalue weighted by Gasteiger charge is 2.23. The Morgan fingerprint density at radius 2 is 0.833 bits per heavy atom. The molecule has 5 nitrogen and oxygen atoms in total. The van der Waals surface area contributed by atoms with Crippen LogP contribution in [-0.2, 0) is 0 Å². The number of phenolic OH excluding ortho intramolecular Hbond substituents is 1. The van der Waals surface area contributed by atoms with Crippen molar-refractivity contribution in [1.29, 1.82) is 0 Å². The third-order valence-electron chi connectivity index (χ3n) is 11.6. The molecule has 2 aromatic heterocycles. The van der Waals surface area contributed by atoms with Gasteiger partial charge in [0.05, 0.1) is 16.7 Å². The minimum atomic E-state index is -0.212. The number of benzene rings is 9. The van der Waals surface area contributed by atoms with Crippen LogP contribution in [0.2, 0.25) is 0 Å². The Morgan fingerprint density at radius 3 is 1.43 bits per heavy atom. The summed E-state index contributed by atoms with van der Waals surface area (Å²) in [6.45, 7) is 0. The molecule has 0 bridgehead atoms. The third-order valence-corrected chi connectivity index (χ3v) is 11.6. The zero-order valence-electron chi connectivity index (χ0n) is 32.1. The summed E-state index contributed by atoms with van der Waals surface area (Å²) in [4.78, 5) is 15.6. The van der Waals surface area contributed by atoms with E-state index >= 15 is 0 Å². The molecule has 0 aliphatic carbocycles. The Hall–Kier alpha value is -7.37. The Labute approximate surface area is 351 Å². The number of nitrogens with zero attached hydrogens (tertiary/aromatic N) is 4. The summed E-state index contributed by atoms with van der Waals surface area (Å²) in [6.07, 6.45) is 0. The van der Waals surface area contributed by atoms with Gasteiger partial charge in [-0.2, -0.15) is 0 Å². The molecule has 60 heavy (non-hydrogen) atoms. The van der Waals surface area contributed by atoms with Gasteiger partial charge in [0.15, 0.2) is 17.5 Å². The zero-order valence-corrected chi connectivity index (χ0v) is 32.1. The highest BCUT2D eigenvalue weighted by molar-refractivity contribution is 6.64. The minimum Gasteiger partial charge on any atom is -0.508 e. The van der Waals surface area contributed by atoms with E-state index in [1.807, 2.05) is 91.0 Å². The van der Waals surface area contributed by atoms with E-state index in [0.29, 0.717) is 28.6 Å². The van der Waals surface area contributed by atoms with Gasteiger partial charge in [-0.05, 0) is 68.2 Å². The molecule has 0 spiro atoms. The largest absolute Gasteiger partial charge is 0.508 e. The van der Waals surface area contributed by atoms with Crippen LogP contribution in [0.1, 0.15) is 0 Å². The van der Waals surface area contributed by atoms with Crippen molar-refractivity contribution in [3.8, 4) is 56.7 Å². The molecule has 0 aliphatic heterocycles. The molecule has 11 rings (SSSR count). The summed E-state index contributed by atoms with van der Waals surface area (Å²) >= 11 is 0. The molecule has 0 fully saturated rings. The Kier molecular flexibility index (Phi) is 8.28. The predicted molar refractivity (Wildman–Crippen MR) is 252 cm³/mol. The molecule has 11 aromatic rings. The summed E-state index contributed by atoms with van der Waals surface area (Å²) < 4.78 is 2.27. The van der Waals surface area contributed by atoms with Gasteiger partial charge in [-0.1, -0.05) is 144 Å². The lowest BCUT2D eigenvalue weighted by atomic mass is 9.64. The molecule has 270 valence electrons. The molecule has 0 unspecified atom stereocenters. The second-order valence-corrected chi connectivity index (χ2v) is 15.0. The van der Waals surface area contributed by atoms with Gasteiger partial charge < -0.3 is 9.67 Å². The molecule has 2 heterocycles. The molecular formula is C51H28B4N4O. The van der Waals surface area contributed by atoms with Crippen LogP contribution in [0.3, 0.4) is 0 Å². The first kappa shape index (κ1) is 35.8. The fraction of sp³-hybridized carbons (Fsp3) is 0. The maximum absolute atomic E-state index is 11.3. The number of aromatic nitrogens is 4. The van der Waals surface area contributed by atoms with Gasteiger partial charge in [-0.3, -0.25) is 0 Å². The third kappa shape index (κ3) is 5.50. The summed E-state index contributed by atoms with van der Waals surface area (Å²) in [6, 6.07) is 55.9. The van der Waals surface area contributed by atoms with Gasteiger partial charge in [0.1, 0.15) is 37.1 Å². The predicted octanol–water partition coefficient (Wildman–Crippen LogP) is 7.98. The summed E-state index contributed by atoms with van der Waals surface area (Å²) in [5.41, 5.74) is 6.67. The molecule has 9 aromatic carbocycles. The molecule has 0 atom stereocenters. The minimum absolute atomic E-state index is 0.0122. The van der Waals surface area contributed by atoms with Crippen molar-refractivity contribution in [3.05, 3.63) is 164 Å². The van der Waals surface area contributed by atoms with Crippen LogP contribution in [0, 0.1) is 0 Å². The first-order valence-electron chi connectivity index (χ1n) is 19.6. The second-order valence-electron chi connectivity index (χ2n) is 15.0. The highest BCUT2D eigenvalue weighted by atomic mass is 16.3. The highest BCUT2D eigenvalue weighted by Crippen LogP contribution is 2.43. The first-order valence-corrected chi connectivity index (χ1v) is 19.6. The van der Waals surface area contributed by atoms with Gasteiger partial charge in [-0.25, -0.2) is 15.0 Å². The topological polar surface area (TPSA) is 63.8 Å². The molecule has 0 saturated heterocycles. The average molecular weight is 756 g/mol. The molecule has 9 heteroatoms. The number of hydrogen-bond donors (Lipinski definition) is 1. The number of aromatic hydroxyl groups is 1. The van der Waals surface area contributed by atoms with Gasteiger partial charge in [0, 0.05) is 33.0 Å². The Bertz CT molecular complexity index is 3470. The van der Waals surface area contributed by atoms with Crippen LogP contribution in [0.5, 0.6) is 5.75 Å². The average Bonchev–Trinajstić information content (AvgIpc) is 3.64. The van der Waals surface area contributed by atoms with E-state index in [1.165, 1.54) is 10.8 Å². The number of para-hydroxylation sites is 1. The van der Waals surface area contributed by atoms with E-state index < -0.39 is 0 Å². The Morgan fingerprint density at radius 1 is 0.367 bits per heavy atom. The number of rotatable bonds is 5. The van der Waals surface area contributed by atoms with Gasteiger partial charge in [0.2, 0.25) is 0 Å². The lowest BCUT2D eigenvalue weighted by Crippen LogP contribution is -2.48. The number of fused-ring (bicyclic) bond motifs is 9. The van der Waals surface area contributed by atoms with Crippen LogP contribution in [-0.4, -0.2) is 56.0 Å². The molecule has 0 amide bonds. The number of hydrogen-bond acceptors (Lipinski definition) is 4. The van der Waals surface area contributed by atoms with E-state index in [-0.39, 0.29) is 27.6 Å². The van der Waals surface area contributed by atoms with Crippen molar-refractivity contribution < 1.29 is 5.11 Å². The maximum atomic E-state index is 11.3. The van der Waals surface area contributed by atoms with E-state index in [9.17, 15) is 5.11 Å². The van der Waals surface area contributed by atoms with Crippen LogP contribution in [0.15, 0.2) is 164 Å². The smallest absolute Gasteiger partial charge is 0.166 e. The van der Waals surface area contributed by atoms with Crippen LogP contribution in [0.25, 0.3) is 105 Å². The SMILES string of the molecule is [B]c1c([B])c([B])c(-c2ccc3c(c2)c2ccccc2n3-c2cc3c4ccccc4c4ccccc4c3cc2-c2nc(-c3ccccc3)nc(-c3ccccc3)n2)c(O)c1[B]. The lowest BCUT2D eigenvalue weighted by molar-refractivity contribution is 0.482. The van der Waals surface area contributed by atoms with E-state index in [0.717, 1.165) is 65.7 Å². The normalized spacial score (nSPS) is 11.7. The Balaban J connectivity index is 1.28. The van der Waals surface area contributed by atoms with E-state index in [2.05, 4.69) is 77.4 Å².